The van der Waals surface area contributed by atoms with E-state index in [1.54, 1.807) is 6.21 Å². The summed E-state index contributed by atoms with van der Waals surface area (Å²) in [5, 5.41) is 13.2. The minimum absolute atomic E-state index is 0.00423. The molecule has 0 fully saturated rings. The van der Waals surface area contributed by atoms with Gasteiger partial charge >= 0.3 is 0 Å². The molecule has 0 aromatic heterocycles. The van der Waals surface area contributed by atoms with Crippen molar-refractivity contribution in [1.29, 1.82) is 0 Å². The fourth-order valence-corrected chi connectivity index (χ4v) is 3.22. The Balaban J connectivity index is 2.14. The highest BCUT2D eigenvalue weighted by molar-refractivity contribution is 5.96. The zero-order valence-electron chi connectivity index (χ0n) is 17.2. The zero-order chi connectivity index (χ0) is 19.8. The monoisotopic (exact) mass is 359 g/mol. The number of hydrogen-bond acceptors (Lipinski definition) is 2. The van der Waals surface area contributed by atoms with Crippen LogP contribution in [0.2, 0.25) is 0 Å². The van der Waals surface area contributed by atoms with Gasteiger partial charge in [-0.1, -0.05) is 84.0 Å². The number of rotatable bonds is 2. The fourth-order valence-electron chi connectivity index (χ4n) is 3.22. The van der Waals surface area contributed by atoms with E-state index in [-0.39, 0.29) is 10.8 Å². The van der Waals surface area contributed by atoms with Crippen LogP contribution in [0.1, 0.15) is 58.2 Å². The number of fused-ring (bicyclic) bond motifs is 1. The van der Waals surface area contributed by atoms with Crippen molar-refractivity contribution in [3.05, 3.63) is 71.3 Å². The van der Waals surface area contributed by atoms with E-state index in [1.807, 2.05) is 24.3 Å². The normalized spacial score (nSPS) is 12.8. The van der Waals surface area contributed by atoms with Gasteiger partial charge in [-0.3, -0.25) is 4.99 Å². The van der Waals surface area contributed by atoms with Crippen molar-refractivity contribution < 1.29 is 5.11 Å². The number of benzene rings is 3. The Kier molecular flexibility index (Phi) is 4.86. The zero-order valence-corrected chi connectivity index (χ0v) is 17.2. The molecule has 0 saturated heterocycles. The minimum Gasteiger partial charge on any atom is -0.507 e. The van der Waals surface area contributed by atoms with Crippen LogP contribution in [0.15, 0.2) is 59.6 Å². The summed E-state index contributed by atoms with van der Waals surface area (Å²) in [6.07, 6.45) is 1.79. The molecule has 0 atom stereocenters. The van der Waals surface area contributed by atoms with Gasteiger partial charge in [0.05, 0.1) is 5.69 Å². The average molecular weight is 360 g/mol. The van der Waals surface area contributed by atoms with Gasteiger partial charge in [0.25, 0.3) is 0 Å². The van der Waals surface area contributed by atoms with Gasteiger partial charge in [0.15, 0.2) is 0 Å². The van der Waals surface area contributed by atoms with Crippen LogP contribution in [0.4, 0.5) is 5.69 Å². The van der Waals surface area contributed by atoms with E-state index in [0.717, 1.165) is 27.6 Å². The minimum atomic E-state index is -0.145. The molecular formula is C25H29NO. The maximum atomic E-state index is 10.9. The second kappa shape index (κ2) is 6.84. The molecule has 2 nitrogen and oxygen atoms in total. The third-order valence-corrected chi connectivity index (χ3v) is 4.92. The Labute approximate surface area is 162 Å². The van der Waals surface area contributed by atoms with Crippen LogP contribution >= 0.6 is 0 Å². The van der Waals surface area contributed by atoms with Gasteiger partial charge in [0, 0.05) is 22.7 Å². The second-order valence-corrected chi connectivity index (χ2v) is 9.22. The van der Waals surface area contributed by atoms with Gasteiger partial charge in [-0.05, 0) is 33.9 Å². The van der Waals surface area contributed by atoms with Crippen LogP contribution in [0.25, 0.3) is 10.8 Å². The summed E-state index contributed by atoms with van der Waals surface area (Å²) in [6.45, 7) is 13.0. The van der Waals surface area contributed by atoms with E-state index >= 15 is 0 Å². The standard InChI is InChI=1S/C25H29NO/c1-24(2,3)19-14-18(23(27)21(15-19)25(4,5)6)16-26-22-13-9-11-17-10-7-8-12-20(17)22/h7-16,27H,1-6H3. The third-order valence-electron chi connectivity index (χ3n) is 4.92. The van der Waals surface area contributed by atoms with E-state index in [1.165, 1.54) is 5.56 Å². The maximum Gasteiger partial charge on any atom is 0.128 e. The average Bonchev–Trinajstić information content (AvgIpc) is 2.58. The molecule has 0 saturated carbocycles. The van der Waals surface area contributed by atoms with E-state index in [4.69, 9.17) is 4.99 Å². The summed E-state index contributed by atoms with van der Waals surface area (Å²) in [7, 11) is 0. The number of phenols is 1. The molecule has 3 rings (SSSR count). The molecule has 0 aliphatic rings. The number of phenolic OH excluding ortho intramolecular Hbond substituents is 1. The van der Waals surface area contributed by atoms with Gasteiger partial charge in [-0.2, -0.15) is 0 Å². The first-order valence-electron chi connectivity index (χ1n) is 9.47. The molecule has 27 heavy (non-hydrogen) atoms. The molecule has 2 heteroatoms. The first-order valence-corrected chi connectivity index (χ1v) is 9.47. The molecule has 0 aliphatic heterocycles. The predicted molar refractivity (Wildman–Crippen MR) is 117 cm³/mol. The molecule has 0 aliphatic carbocycles. The molecule has 3 aromatic carbocycles. The Morgan fingerprint density at radius 3 is 2.15 bits per heavy atom. The van der Waals surface area contributed by atoms with Crippen LogP contribution in [-0.2, 0) is 10.8 Å². The van der Waals surface area contributed by atoms with Crippen LogP contribution in [0.3, 0.4) is 0 Å². The number of nitrogens with zero attached hydrogens (tertiary/aromatic N) is 1. The molecule has 0 spiro atoms. The van der Waals surface area contributed by atoms with Crippen LogP contribution in [0.5, 0.6) is 5.75 Å². The van der Waals surface area contributed by atoms with Crippen molar-refractivity contribution in [2.75, 3.05) is 0 Å². The molecular weight excluding hydrogens is 330 g/mol. The highest BCUT2D eigenvalue weighted by Crippen LogP contribution is 2.37. The lowest BCUT2D eigenvalue weighted by Gasteiger charge is -2.27. The van der Waals surface area contributed by atoms with Gasteiger partial charge in [0.1, 0.15) is 5.75 Å². The summed E-state index contributed by atoms with van der Waals surface area (Å²) >= 11 is 0. The topological polar surface area (TPSA) is 32.6 Å². The van der Waals surface area contributed by atoms with Gasteiger partial charge in [-0.25, -0.2) is 0 Å². The summed E-state index contributed by atoms with van der Waals surface area (Å²) in [5.74, 6) is 0.319. The van der Waals surface area contributed by atoms with Crippen molar-refractivity contribution >= 4 is 22.7 Å². The Morgan fingerprint density at radius 1 is 0.815 bits per heavy atom. The van der Waals surface area contributed by atoms with Crippen molar-refractivity contribution in [3.8, 4) is 5.75 Å². The lowest BCUT2D eigenvalue weighted by Crippen LogP contribution is -2.17. The van der Waals surface area contributed by atoms with E-state index in [9.17, 15) is 5.11 Å². The third kappa shape index (κ3) is 4.05. The maximum absolute atomic E-state index is 10.9. The molecule has 140 valence electrons. The van der Waals surface area contributed by atoms with Crippen molar-refractivity contribution in [2.45, 2.75) is 52.4 Å². The summed E-state index contributed by atoms with van der Waals surface area (Å²) in [6, 6.07) is 18.5. The van der Waals surface area contributed by atoms with Gasteiger partial charge in [-0.15, -0.1) is 0 Å². The van der Waals surface area contributed by atoms with E-state index in [2.05, 4.69) is 71.9 Å². The van der Waals surface area contributed by atoms with E-state index in [0.29, 0.717) is 5.75 Å². The van der Waals surface area contributed by atoms with E-state index < -0.39 is 0 Å². The predicted octanol–water partition coefficient (Wildman–Crippen LogP) is 6.89. The van der Waals surface area contributed by atoms with Gasteiger partial charge in [0.2, 0.25) is 0 Å². The van der Waals surface area contributed by atoms with Crippen LogP contribution < -0.4 is 0 Å². The molecule has 0 bridgehead atoms. The first kappa shape index (κ1) is 19.2. The van der Waals surface area contributed by atoms with Crippen molar-refractivity contribution in [3.63, 3.8) is 0 Å². The number of aliphatic imine (C=N–C) groups is 1. The lowest BCUT2D eigenvalue weighted by atomic mass is 9.79. The molecule has 0 amide bonds. The highest BCUT2D eigenvalue weighted by Gasteiger charge is 2.24. The van der Waals surface area contributed by atoms with Crippen LogP contribution in [0, 0.1) is 0 Å². The largest absolute Gasteiger partial charge is 0.507 e. The van der Waals surface area contributed by atoms with Gasteiger partial charge < -0.3 is 5.11 Å². The smallest absolute Gasteiger partial charge is 0.128 e. The van der Waals surface area contributed by atoms with Crippen LogP contribution in [-0.4, -0.2) is 11.3 Å². The van der Waals surface area contributed by atoms with Crippen molar-refractivity contribution in [2.24, 2.45) is 4.99 Å². The summed E-state index contributed by atoms with van der Waals surface area (Å²) in [5.41, 5.74) is 3.67. The Bertz CT molecular complexity index is 996. The second-order valence-electron chi connectivity index (χ2n) is 9.22. The molecule has 1 N–H and O–H groups in total. The molecule has 0 heterocycles. The lowest BCUT2D eigenvalue weighted by molar-refractivity contribution is 0.444. The Hall–Kier alpha value is -2.61. The molecule has 3 aromatic rings. The Morgan fingerprint density at radius 2 is 1.48 bits per heavy atom. The fraction of sp³-hybridized carbons (Fsp3) is 0.320. The quantitative estimate of drug-likeness (QED) is 0.496. The first-order chi connectivity index (χ1) is 12.6. The SMILES string of the molecule is CC(C)(C)c1cc(C=Nc2cccc3ccccc23)c(O)c(C(C)(C)C)c1. The summed E-state index contributed by atoms with van der Waals surface area (Å²) < 4.78 is 0. The number of aromatic hydroxyl groups is 1. The number of hydrogen-bond donors (Lipinski definition) is 1. The molecule has 0 unspecified atom stereocenters. The summed E-state index contributed by atoms with van der Waals surface area (Å²) in [4.78, 5) is 4.73. The van der Waals surface area contributed by atoms with Crippen molar-refractivity contribution in [1.82, 2.24) is 0 Å². The molecule has 0 radical (unpaired) electrons. The highest BCUT2D eigenvalue weighted by atomic mass is 16.3.